The van der Waals surface area contributed by atoms with Gasteiger partial charge in [-0.2, -0.15) is 5.10 Å². The van der Waals surface area contributed by atoms with Crippen molar-refractivity contribution in [1.82, 2.24) is 9.78 Å². The van der Waals surface area contributed by atoms with Crippen molar-refractivity contribution in [3.63, 3.8) is 0 Å². The van der Waals surface area contributed by atoms with Gasteiger partial charge in [0, 0.05) is 18.8 Å². The van der Waals surface area contributed by atoms with Crippen molar-refractivity contribution in [1.29, 1.82) is 0 Å². The fourth-order valence-electron chi connectivity index (χ4n) is 2.69. The summed E-state index contributed by atoms with van der Waals surface area (Å²) in [7, 11) is 1.89. The van der Waals surface area contributed by atoms with Gasteiger partial charge in [0.1, 0.15) is 0 Å². The minimum absolute atomic E-state index is 0.315. The summed E-state index contributed by atoms with van der Waals surface area (Å²) in [5.41, 5.74) is 0.315. The fraction of sp³-hybridized carbons (Fsp3) is 0.750. The van der Waals surface area contributed by atoms with Crippen LogP contribution in [0.25, 0.3) is 0 Å². The van der Waals surface area contributed by atoms with Gasteiger partial charge >= 0.3 is 0 Å². The van der Waals surface area contributed by atoms with Crippen LogP contribution in [0, 0.1) is 11.8 Å². The first-order valence-electron chi connectivity index (χ1n) is 5.75. The second kappa shape index (κ2) is 3.63. The van der Waals surface area contributed by atoms with Crippen molar-refractivity contribution in [3.05, 3.63) is 18.0 Å². The van der Waals surface area contributed by atoms with Crippen LogP contribution in [-0.2, 0) is 12.6 Å². The molecule has 1 aliphatic rings. The quantitative estimate of drug-likeness (QED) is 0.767. The maximum atomic E-state index is 10.7. The SMILES string of the molecule is CC1CCCC(O)(c2cnn(C)c2)C1C. The molecule has 1 aromatic rings. The van der Waals surface area contributed by atoms with Crippen molar-refractivity contribution in [2.45, 2.75) is 38.7 Å². The maximum Gasteiger partial charge on any atom is 0.0954 e. The minimum Gasteiger partial charge on any atom is -0.385 e. The molecule has 3 heteroatoms. The Morgan fingerprint density at radius 3 is 2.87 bits per heavy atom. The first-order valence-corrected chi connectivity index (χ1v) is 5.75. The molecular formula is C12H20N2O. The summed E-state index contributed by atoms with van der Waals surface area (Å²) in [5, 5.41) is 14.9. The molecule has 2 rings (SSSR count). The molecule has 1 aromatic heterocycles. The molecule has 1 aliphatic carbocycles. The lowest BCUT2D eigenvalue weighted by Crippen LogP contribution is -2.40. The van der Waals surface area contributed by atoms with Crippen LogP contribution >= 0.6 is 0 Å². The normalized spacial score (nSPS) is 36.8. The van der Waals surface area contributed by atoms with Crippen LogP contribution in [-0.4, -0.2) is 14.9 Å². The lowest BCUT2D eigenvalue weighted by molar-refractivity contribution is -0.0689. The highest BCUT2D eigenvalue weighted by atomic mass is 16.3. The Bertz CT molecular complexity index is 347. The van der Waals surface area contributed by atoms with Gasteiger partial charge in [-0.1, -0.05) is 20.3 Å². The first-order chi connectivity index (χ1) is 7.04. The van der Waals surface area contributed by atoms with Crippen molar-refractivity contribution in [2.75, 3.05) is 0 Å². The van der Waals surface area contributed by atoms with E-state index in [9.17, 15) is 5.11 Å². The summed E-state index contributed by atoms with van der Waals surface area (Å²) >= 11 is 0. The number of nitrogens with zero attached hydrogens (tertiary/aromatic N) is 2. The van der Waals surface area contributed by atoms with E-state index in [-0.39, 0.29) is 0 Å². The molecule has 0 aliphatic heterocycles. The van der Waals surface area contributed by atoms with E-state index in [0.717, 1.165) is 18.4 Å². The van der Waals surface area contributed by atoms with E-state index in [1.165, 1.54) is 6.42 Å². The number of aromatic nitrogens is 2. The molecule has 0 aromatic carbocycles. The van der Waals surface area contributed by atoms with Crippen LogP contribution in [0.15, 0.2) is 12.4 Å². The van der Waals surface area contributed by atoms with E-state index < -0.39 is 5.60 Å². The largest absolute Gasteiger partial charge is 0.385 e. The average molecular weight is 208 g/mol. The maximum absolute atomic E-state index is 10.7. The second-order valence-corrected chi connectivity index (χ2v) is 4.99. The third-order valence-corrected chi connectivity index (χ3v) is 4.03. The van der Waals surface area contributed by atoms with Gasteiger partial charge in [-0.15, -0.1) is 0 Å². The van der Waals surface area contributed by atoms with Crippen LogP contribution in [0.2, 0.25) is 0 Å². The fourth-order valence-corrected chi connectivity index (χ4v) is 2.69. The molecule has 1 heterocycles. The van der Waals surface area contributed by atoms with Gasteiger partial charge in [0.25, 0.3) is 0 Å². The van der Waals surface area contributed by atoms with Crippen LogP contribution in [0.5, 0.6) is 0 Å². The van der Waals surface area contributed by atoms with E-state index in [4.69, 9.17) is 0 Å². The Morgan fingerprint density at radius 1 is 1.53 bits per heavy atom. The minimum atomic E-state index is -0.661. The summed E-state index contributed by atoms with van der Waals surface area (Å²) in [6.07, 6.45) is 6.94. The average Bonchev–Trinajstić information content (AvgIpc) is 2.62. The van der Waals surface area contributed by atoms with Crippen molar-refractivity contribution in [3.8, 4) is 0 Å². The van der Waals surface area contributed by atoms with Gasteiger partial charge in [0.2, 0.25) is 0 Å². The summed E-state index contributed by atoms with van der Waals surface area (Å²) in [5.74, 6) is 0.902. The highest BCUT2D eigenvalue weighted by molar-refractivity contribution is 5.17. The zero-order valence-corrected chi connectivity index (χ0v) is 9.77. The van der Waals surface area contributed by atoms with Gasteiger partial charge in [0.05, 0.1) is 11.8 Å². The van der Waals surface area contributed by atoms with Crippen molar-refractivity contribution < 1.29 is 5.11 Å². The molecule has 0 radical (unpaired) electrons. The topological polar surface area (TPSA) is 38.1 Å². The molecule has 1 saturated carbocycles. The molecule has 3 atom stereocenters. The monoisotopic (exact) mass is 208 g/mol. The molecule has 0 bridgehead atoms. The molecule has 0 saturated heterocycles. The number of aliphatic hydroxyl groups is 1. The highest BCUT2D eigenvalue weighted by Crippen LogP contribution is 2.44. The molecule has 3 nitrogen and oxygen atoms in total. The van der Waals surface area contributed by atoms with E-state index in [0.29, 0.717) is 11.8 Å². The standard InChI is InChI=1S/C12H20N2O/c1-9-5-4-6-12(15,10(9)2)11-7-13-14(3)8-11/h7-10,15H,4-6H2,1-3H3. The number of hydrogen-bond acceptors (Lipinski definition) is 2. The number of rotatable bonds is 1. The van der Waals surface area contributed by atoms with Gasteiger partial charge in [-0.3, -0.25) is 4.68 Å². The van der Waals surface area contributed by atoms with Crippen LogP contribution in [0.3, 0.4) is 0 Å². The molecule has 3 unspecified atom stereocenters. The Kier molecular flexibility index (Phi) is 2.59. The summed E-state index contributed by atoms with van der Waals surface area (Å²) in [4.78, 5) is 0. The summed E-state index contributed by atoms with van der Waals surface area (Å²) in [6.45, 7) is 4.38. The third kappa shape index (κ3) is 1.69. The predicted octanol–water partition coefficient (Wildman–Crippen LogP) is 2.06. The van der Waals surface area contributed by atoms with Crippen molar-refractivity contribution >= 4 is 0 Å². The predicted molar refractivity (Wildman–Crippen MR) is 59.3 cm³/mol. The van der Waals surface area contributed by atoms with Gasteiger partial charge in [0.15, 0.2) is 0 Å². The molecule has 1 N–H and O–H groups in total. The van der Waals surface area contributed by atoms with Gasteiger partial charge in [-0.25, -0.2) is 0 Å². The van der Waals surface area contributed by atoms with Crippen molar-refractivity contribution in [2.24, 2.45) is 18.9 Å². The zero-order valence-electron chi connectivity index (χ0n) is 9.77. The third-order valence-electron chi connectivity index (χ3n) is 4.03. The van der Waals surface area contributed by atoms with Gasteiger partial charge < -0.3 is 5.11 Å². The molecule has 0 amide bonds. The van der Waals surface area contributed by atoms with E-state index in [2.05, 4.69) is 18.9 Å². The smallest absolute Gasteiger partial charge is 0.0954 e. The highest BCUT2D eigenvalue weighted by Gasteiger charge is 2.41. The Balaban J connectivity index is 2.32. The lowest BCUT2D eigenvalue weighted by Gasteiger charge is -2.41. The number of hydrogen-bond donors (Lipinski definition) is 1. The molecule has 1 fully saturated rings. The molecule has 84 valence electrons. The Morgan fingerprint density at radius 2 is 2.27 bits per heavy atom. The Labute approximate surface area is 91.1 Å². The first kappa shape index (κ1) is 10.7. The Hall–Kier alpha value is -0.830. The van der Waals surface area contributed by atoms with Gasteiger partial charge in [-0.05, 0) is 24.7 Å². The van der Waals surface area contributed by atoms with E-state index >= 15 is 0 Å². The van der Waals surface area contributed by atoms with Crippen LogP contribution in [0.1, 0.15) is 38.7 Å². The second-order valence-electron chi connectivity index (χ2n) is 4.99. The lowest BCUT2D eigenvalue weighted by atomic mass is 9.68. The van der Waals surface area contributed by atoms with Crippen LogP contribution < -0.4 is 0 Å². The van der Waals surface area contributed by atoms with E-state index in [1.54, 1.807) is 10.9 Å². The summed E-state index contributed by atoms with van der Waals surface area (Å²) < 4.78 is 1.76. The number of aryl methyl sites for hydroxylation is 1. The molecular weight excluding hydrogens is 188 g/mol. The molecule has 15 heavy (non-hydrogen) atoms. The summed E-state index contributed by atoms with van der Waals surface area (Å²) in [6, 6.07) is 0. The van der Waals surface area contributed by atoms with E-state index in [1.807, 2.05) is 13.2 Å². The molecule has 0 spiro atoms. The zero-order chi connectivity index (χ0) is 11.1. The van der Waals surface area contributed by atoms with Crippen LogP contribution in [0.4, 0.5) is 0 Å².